The third-order valence-electron chi connectivity index (χ3n) is 7.10. The van der Waals surface area contributed by atoms with Crippen LogP contribution in [-0.2, 0) is 27.3 Å². The van der Waals surface area contributed by atoms with Crippen molar-refractivity contribution in [3.8, 4) is 0 Å². The Balaban J connectivity index is 1.37. The highest BCUT2D eigenvalue weighted by atomic mass is 16.6. The van der Waals surface area contributed by atoms with Crippen molar-refractivity contribution >= 4 is 29.5 Å². The fourth-order valence-electron chi connectivity index (χ4n) is 4.89. The monoisotopic (exact) mass is 589 g/mol. The maximum Gasteiger partial charge on any atom is 0.408 e. The number of ether oxygens (including phenoxy) is 2. The second kappa shape index (κ2) is 15.2. The van der Waals surface area contributed by atoms with Crippen molar-refractivity contribution in [2.24, 2.45) is 5.92 Å². The first-order chi connectivity index (χ1) is 20.7. The first-order valence-electron chi connectivity index (χ1n) is 14.9. The number of rotatable bonds is 12. The van der Waals surface area contributed by atoms with Crippen molar-refractivity contribution in [2.75, 3.05) is 41.7 Å². The number of alkyl carbamates (subject to hydrolysis) is 1. The number of pyridine rings is 1. The molecular formula is C32H43N7O4. The van der Waals surface area contributed by atoms with Crippen LogP contribution in [0.3, 0.4) is 0 Å². The zero-order valence-electron chi connectivity index (χ0n) is 25.5. The minimum Gasteiger partial charge on any atom is -0.458 e. The molecule has 230 valence electrons. The van der Waals surface area contributed by atoms with Crippen molar-refractivity contribution in [3.05, 3.63) is 72.2 Å². The number of aromatic nitrogens is 3. The van der Waals surface area contributed by atoms with Gasteiger partial charge < -0.3 is 30.3 Å². The number of amides is 1. The molecule has 11 heteroatoms. The molecule has 3 aromatic rings. The summed E-state index contributed by atoms with van der Waals surface area (Å²) in [4.78, 5) is 41.4. The summed E-state index contributed by atoms with van der Waals surface area (Å²) in [6.07, 6.45) is 5.39. The van der Waals surface area contributed by atoms with Gasteiger partial charge in [0.1, 0.15) is 42.0 Å². The van der Waals surface area contributed by atoms with E-state index in [0.29, 0.717) is 18.2 Å². The van der Waals surface area contributed by atoms with Gasteiger partial charge in [-0.05, 0) is 63.6 Å². The molecule has 1 aliphatic rings. The molecule has 1 atom stereocenters. The van der Waals surface area contributed by atoms with Gasteiger partial charge in [0.25, 0.3) is 0 Å². The van der Waals surface area contributed by atoms with E-state index < -0.39 is 23.7 Å². The fraction of sp³-hybridized carbons (Fsp3) is 0.469. The van der Waals surface area contributed by atoms with E-state index >= 15 is 0 Å². The molecule has 0 aliphatic carbocycles. The van der Waals surface area contributed by atoms with Gasteiger partial charge in [0, 0.05) is 37.9 Å². The molecule has 1 saturated heterocycles. The molecule has 2 aromatic heterocycles. The lowest BCUT2D eigenvalue weighted by Crippen LogP contribution is -2.48. The molecule has 1 aliphatic heterocycles. The van der Waals surface area contributed by atoms with Crippen LogP contribution in [0, 0.1) is 5.92 Å². The van der Waals surface area contributed by atoms with E-state index in [9.17, 15) is 9.59 Å². The molecule has 4 rings (SSSR count). The lowest BCUT2D eigenvalue weighted by Gasteiger charge is -2.34. The molecule has 43 heavy (non-hydrogen) atoms. The first-order valence-corrected chi connectivity index (χ1v) is 14.9. The Kier molecular flexibility index (Phi) is 11.1. The molecule has 0 spiro atoms. The highest BCUT2D eigenvalue weighted by Gasteiger charge is 2.28. The quantitative estimate of drug-likeness (QED) is 0.253. The van der Waals surface area contributed by atoms with E-state index in [1.54, 1.807) is 27.0 Å². The summed E-state index contributed by atoms with van der Waals surface area (Å²) in [6, 6.07) is 14.2. The van der Waals surface area contributed by atoms with Crippen molar-refractivity contribution in [2.45, 2.75) is 65.2 Å². The van der Waals surface area contributed by atoms with E-state index in [1.165, 1.54) is 6.33 Å². The molecule has 1 fully saturated rings. The van der Waals surface area contributed by atoms with Crippen LogP contribution in [0.5, 0.6) is 0 Å². The van der Waals surface area contributed by atoms with Crippen LogP contribution in [0.15, 0.2) is 61.1 Å². The number of carbonyl (C=O) groups excluding carboxylic acids is 2. The summed E-state index contributed by atoms with van der Waals surface area (Å²) in [5.41, 5.74) is 1.09. The van der Waals surface area contributed by atoms with Crippen molar-refractivity contribution in [3.63, 3.8) is 0 Å². The second-order valence-electron chi connectivity index (χ2n) is 11.6. The maximum absolute atomic E-state index is 13.1. The predicted octanol–water partition coefficient (Wildman–Crippen LogP) is 4.81. The molecule has 3 N–H and O–H groups in total. The molecule has 0 saturated carbocycles. The van der Waals surface area contributed by atoms with Gasteiger partial charge in [-0.15, -0.1) is 0 Å². The number of hydrogen-bond donors (Lipinski definition) is 3. The largest absolute Gasteiger partial charge is 0.458 e. The lowest BCUT2D eigenvalue weighted by atomic mass is 9.96. The summed E-state index contributed by atoms with van der Waals surface area (Å²) >= 11 is 0. The Morgan fingerprint density at radius 1 is 1.00 bits per heavy atom. The fourth-order valence-corrected chi connectivity index (χ4v) is 4.89. The van der Waals surface area contributed by atoms with Crippen LogP contribution in [-0.4, -0.2) is 64.8 Å². The van der Waals surface area contributed by atoms with Gasteiger partial charge in [0.15, 0.2) is 0 Å². The minimum atomic E-state index is -0.993. The number of nitrogens with one attached hydrogen (secondary N) is 3. The van der Waals surface area contributed by atoms with E-state index in [-0.39, 0.29) is 13.2 Å². The van der Waals surface area contributed by atoms with Gasteiger partial charge in [0.05, 0.1) is 0 Å². The summed E-state index contributed by atoms with van der Waals surface area (Å²) in [6.45, 7) is 10.2. The third-order valence-corrected chi connectivity index (χ3v) is 7.10. The summed E-state index contributed by atoms with van der Waals surface area (Å²) in [7, 11) is 0. The average Bonchev–Trinajstić information content (AvgIpc) is 3.01. The Bertz CT molecular complexity index is 1310. The number of anilines is 3. The number of piperidine rings is 1. The molecule has 0 unspecified atom stereocenters. The van der Waals surface area contributed by atoms with E-state index in [2.05, 4.69) is 42.7 Å². The van der Waals surface area contributed by atoms with Crippen LogP contribution in [0.2, 0.25) is 0 Å². The number of esters is 1. The highest BCUT2D eigenvalue weighted by molar-refractivity contribution is 5.82. The summed E-state index contributed by atoms with van der Waals surface area (Å²) < 4.78 is 10.9. The summed E-state index contributed by atoms with van der Waals surface area (Å²) in [5, 5.41) is 9.37. The zero-order valence-corrected chi connectivity index (χ0v) is 25.5. The molecule has 11 nitrogen and oxygen atoms in total. The van der Waals surface area contributed by atoms with Crippen molar-refractivity contribution in [1.82, 2.24) is 20.3 Å². The van der Waals surface area contributed by atoms with E-state index in [1.807, 2.05) is 48.5 Å². The molecule has 0 bridgehead atoms. The lowest BCUT2D eigenvalue weighted by molar-refractivity contribution is -0.156. The Morgan fingerprint density at radius 3 is 2.42 bits per heavy atom. The van der Waals surface area contributed by atoms with Crippen LogP contribution in [0.25, 0.3) is 0 Å². The van der Waals surface area contributed by atoms with Gasteiger partial charge >= 0.3 is 12.1 Å². The van der Waals surface area contributed by atoms with Gasteiger partial charge in [-0.3, -0.25) is 0 Å². The van der Waals surface area contributed by atoms with Crippen LogP contribution < -0.4 is 20.9 Å². The summed E-state index contributed by atoms with van der Waals surface area (Å²) in [5.74, 6) is 2.39. The van der Waals surface area contributed by atoms with Gasteiger partial charge in [-0.1, -0.05) is 43.3 Å². The van der Waals surface area contributed by atoms with E-state index in [0.717, 1.165) is 55.2 Å². The van der Waals surface area contributed by atoms with Crippen molar-refractivity contribution < 1.29 is 19.1 Å². The van der Waals surface area contributed by atoms with Crippen molar-refractivity contribution in [1.29, 1.82) is 0 Å². The number of carbonyl (C=O) groups is 2. The predicted molar refractivity (Wildman–Crippen MR) is 167 cm³/mol. The topological polar surface area (TPSA) is 131 Å². The van der Waals surface area contributed by atoms with Crippen LogP contribution in [0.4, 0.5) is 22.2 Å². The van der Waals surface area contributed by atoms with Gasteiger partial charge in [-0.25, -0.2) is 24.5 Å². The molecule has 0 radical (unpaired) electrons. The van der Waals surface area contributed by atoms with E-state index in [4.69, 9.17) is 9.47 Å². The molecule has 1 amide bonds. The molecular weight excluding hydrogens is 546 g/mol. The van der Waals surface area contributed by atoms with Crippen LogP contribution >= 0.6 is 0 Å². The number of benzene rings is 1. The number of nitrogens with zero attached hydrogens (tertiary/aromatic N) is 4. The first kappa shape index (κ1) is 31.5. The number of hydrogen-bond acceptors (Lipinski definition) is 10. The standard InChI is InChI=1S/C32H43N7O4/c1-5-25-28(36-22-37-29(25)39-17-14-23(15-18-39)19-34-27-13-9-10-16-33-27)35-20-26(30(40)43-32(2,3)4)38-31(41)42-21-24-11-7-6-8-12-24/h6-13,16,22-23,26H,5,14-15,17-21H2,1-4H3,(H,33,34)(H,38,41)(H,35,36,37)/t26-/m0/s1. The smallest absolute Gasteiger partial charge is 0.408 e. The normalized spacial score (nSPS) is 14.5. The molecule has 3 heterocycles. The van der Waals surface area contributed by atoms with Gasteiger partial charge in [-0.2, -0.15) is 0 Å². The van der Waals surface area contributed by atoms with Crippen LogP contribution in [0.1, 0.15) is 51.7 Å². The second-order valence-corrected chi connectivity index (χ2v) is 11.6. The Hall–Kier alpha value is -4.41. The highest BCUT2D eigenvalue weighted by Crippen LogP contribution is 2.28. The Labute approximate surface area is 253 Å². The maximum atomic E-state index is 13.1. The minimum absolute atomic E-state index is 0.0695. The van der Waals surface area contributed by atoms with Gasteiger partial charge in [0.2, 0.25) is 0 Å². The Morgan fingerprint density at radius 2 is 1.74 bits per heavy atom. The zero-order chi connectivity index (χ0) is 30.7. The third kappa shape index (κ3) is 9.83. The SMILES string of the molecule is CCc1c(NC[C@H](NC(=O)OCc2ccccc2)C(=O)OC(C)(C)C)ncnc1N1CCC(CNc2ccccn2)CC1. The average molecular weight is 590 g/mol. The molecule has 1 aromatic carbocycles.